The molecule has 0 saturated carbocycles. The summed E-state index contributed by atoms with van der Waals surface area (Å²) < 4.78 is 0. The van der Waals surface area contributed by atoms with Crippen molar-refractivity contribution in [3.8, 4) is 0 Å². The van der Waals surface area contributed by atoms with Gasteiger partial charge in [0, 0.05) is 26.3 Å². The van der Waals surface area contributed by atoms with Gasteiger partial charge in [0.1, 0.15) is 0 Å². The first-order valence-corrected chi connectivity index (χ1v) is 6.12. The van der Waals surface area contributed by atoms with E-state index < -0.39 is 0 Å². The van der Waals surface area contributed by atoms with Crippen LogP contribution in [0.3, 0.4) is 0 Å². The molecule has 1 unspecified atom stereocenters. The maximum atomic E-state index is 11.5. The standard InChI is InChI=1S/C14H22N2O2/c1-10-7-12(9-17)5-6-13(10)16(4)8-11(2)14(18)15-3/h5-7,11,17H,8-9H2,1-4H3,(H,15,18). The molecule has 100 valence electrons. The molecule has 0 aliphatic heterocycles. The van der Waals surface area contributed by atoms with E-state index in [4.69, 9.17) is 5.11 Å². The summed E-state index contributed by atoms with van der Waals surface area (Å²) in [6, 6.07) is 5.86. The van der Waals surface area contributed by atoms with Crippen molar-refractivity contribution in [3.05, 3.63) is 29.3 Å². The molecule has 4 nitrogen and oxygen atoms in total. The van der Waals surface area contributed by atoms with Crippen molar-refractivity contribution in [1.82, 2.24) is 5.32 Å². The second-order valence-corrected chi connectivity index (χ2v) is 4.67. The number of amides is 1. The largest absolute Gasteiger partial charge is 0.392 e. The number of hydrogen-bond donors (Lipinski definition) is 2. The second kappa shape index (κ2) is 6.40. The lowest BCUT2D eigenvalue weighted by Crippen LogP contribution is -2.34. The predicted molar refractivity (Wildman–Crippen MR) is 73.6 cm³/mol. The first-order chi connectivity index (χ1) is 8.49. The van der Waals surface area contributed by atoms with Crippen molar-refractivity contribution < 1.29 is 9.90 Å². The third-order valence-corrected chi connectivity index (χ3v) is 3.10. The van der Waals surface area contributed by atoms with E-state index in [1.165, 1.54) is 0 Å². The van der Waals surface area contributed by atoms with Gasteiger partial charge in [0.05, 0.1) is 12.5 Å². The Labute approximate surface area is 109 Å². The summed E-state index contributed by atoms with van der Waals surface area (Å²) >= 11 is 0. The van der Waals surface area contributed by atoms with E-state index >= 15 is 0 Å². The first kappa shape index (κ1) is 14.5. The molecule has 1 aromatic carbocycles. The van der Waals surface area contributed by atoms with Gasteiger partial charge in [0.25, 0.3) is 0 Å². The fraction of sp³-hybridized carbons (Fsp3) is 0.500. The van der Waals surface area contributed by atoms with Crippen molar-refractivity contribution in [1.29, 1.82) is 0 Å². The number of carbonyl (C=O) groups excluding carboxylic acids is 1. The molecule has 0 bridgehead atoms. The molecule has 0 fully saturated rings. The number of nitrogens with zero attached hydrogens (tertiary/aromatic N) is 1. The molecule has 0 aliphatic rings. The number of rotatable bonds is 5. The summed E-state index contributed by atoms with van der Waals surface area (Å²) in [5.41, 5.74) is 3.10. The highest BCUT2D eigenvalue weighted by Crippen LogP contribution is 2.21. The molecular weight excluding hydrogens is 228 g/mol. The number of aliphatic hydroxyl groups is 1. The zero-order valence-electron chi connectivity index (χ0n) is 11.5. The number of nitrogens with one attached hydrogen (secondary N) is 1. The van der Waals surface area contributed by atoms with Crippen LogP contribution in [-0.2, 0) is 11.4 Å². The molecule has 1 aromatic rings. The van der Waals surface area contributed by atoms with Crippen LogP contribution < -0.4 is 10.2 Å². The lowest BCUT2D eigenvalue weighted by Gasteiger charge is -2.24. The smallest absolute Gasteiger partial charge is 0.224 e. The molecule has 1 amide bonds. The van der Waals surface area contributed by atoms with Gasteiger partial charge in [-0.25, -0.2) is 0 Å². The van der Waals surface area contributed by atoms with E-state index in [0.29, 0.717) is 6.54 Å². The lowest BCUT2D eigenvalue weighted by molar-refractivity contribution is -0.123. The Morgan fingerprint density at radius 3 is 2.67 bits per heavy atom. The van der Waals surface area contributed by atoms with Gasteiger partial charge < -0.3 is 15.3 Å². The summed E-state index contributed by atoms with van der Waals surface area (Å²) in [4.78, 5) is 13.6. The molecule has 1 rings (SSSR count). The molecular formula is C14H22N2O2. The number of aliphatic hydroxyl groups excluding tert-OH is 1. The van der Waals surface area contributed by atoms with Crippen LogP contribution in [0, 0.1) is 12.8 Å². The molecule has 0 heterocycles. The summed E-state index contributed by atoms with van der Waals surface area (Å²) in [6.07, 6.45) is 0. The molecule has 0 spiro atoms. The van der Waals surface area contributed by atoms with Crippen LogP contribution in [0.2, 0.25) is 0 Å². The summed E-state index contributed by atoms with van der Waals surface area (Å²) in [7, 11) is 3.63. The quantitative estimate of drug-likeness (QED) is 0.828. The summed E-state index contributed by atoms with van der Waals surface area (Å²) in [5.74, 6) is -0.0107. The van der Waals surface area contributed by atoms with Crippen LogP contribution in [-0.4, -0.2) is 31.7 Å². The molecule has 18 heavy (non-hydrogen) atoms. The molecule has 4 heteroatoms. The number of carbonyl (C=O) groups is 1. The van der Waals surface area contributed by atoms with Gasteiger partial charge >= 0.3 is 0 Å². The topological polar surface area (TPSA) is 52.6 Å². The Morgan fingerprint density at radius 2 is 2.17 bits per heavy atom. The Balaban J connectivity index is 2.78. The first-order valence-electron chi connectivity index (χ1n) is 6.12. The zero-order valence-corrected chi connectivity index (χ0v) is 11.5. The van der Waals surface area contributed by atoms with Crippen molar-refractivity contribution in [3.63, 3.8) is 0 Å². The maximum Gasteiger partial charge on any atom is 0.224 e. The average molecular weight is 250 g/mol. The minimum Gasteiger partial charge on any atom is -0.392 e. The lowest BCUT2D eigenvalue weighted by atomic mass is 10.1. The fourth-order valence-corrected chi connectivity index (χ4v) is 2.08. The molecule has 0 radical (unpaired) electrons. The number of benzene rings is 1. The molecule has 2 N–H and O–H groups in total. The van der Waals surface area contributed by atoms with E-state index in [9.17, 15) is 4.79 Å². The molecule has 0 aliphatic carbocycles. The van der Waals surface area contributed by atoms with Gasteiger partial charge in [0.15, 0.2) is 0 Å². The van der Waals surface area contributed by atoms with Crippen LogP contribution in [0.15, 0.2) is 18.2 Å². The Morgan fingerprint density at radius 1 is 1.50 bits per heavy atom. The Hall–Kier alpha value is -1.55. The third-order valence-electron chi connectivity index (χ3n) is 3.10. The van der Waals surface area contributed by atoms with E-state index in [1.54, 1.807) is 7.05 Å². The number of anilines is 1. The van der Waals surface area contributed by atoms with Crippen LogP contribution >= 0.6 is 0 Å². The zero-order chi connectivity index (χ0) is 13.7. The fourth-order valence-electron chi connectivity index (χ4n) is 2.08. The van der Waals surface area contributed by atoms with E-state index in [2.05, 4.69) is 10.2 Å². The Bertz CT molecular complexity index is 418. The van der Waals surface area contributed by atoms with Gasteiger partial charge in [-0.05, 0) is 24.1 Å². The van der Waals surface area contributed by atoms with Gasteiger partial charge in [-0.15, -0.1) is 0 Å². The molecule has 1 atom stereocenters. The van der Waals surface area contributed by atoms with Crippen molar-refractivity contribution in [2.45, 2.75) is 20.5 Å². The second-order valence-electron chi connectivity index (χ2n) is 4.67. The highest BCUT2D eigenvalue weighted by molar-refractivity contribution is 5.78. The Kier molecular flexibility index (Phi) is 5.16. The normalized spacial score (nSPS) is 12.1. The SMILES string of the molecule is CNC(=O)C(C)CN(C)c1ccc(CO)cc1C. The van der Waals surface area contributed by atoms with Gasteiger partial charge in [-0.2, -0.15) is 0 Å². The molecule has 0 aromatic heterocycles. The molecule has 0 saturated heterocycles. The van der Waals surface area contributed by atoms with Gasteiger partial charge in [-0.1, -0.05) is 19.1 Å². The van der Waals surface area contributed by atoms with Crippen LogP contribution in [0.4, 0.5) is 5.69 Å². The highest BCUT2D eigenvalue weighted by atomic mass is 16.3. The monoisotopic (exact) mass is 250 g/mol. The van der Waals surface area contributed by atoms with E-state index in [-0.39, 0.29) is 18.4 Å². The highest BCUT2D eigenvalue weighted by Gasteiger charge is 2.15. The van der Waals surface area contributed by atoms with E-state index in [1.807, 2.05) is 39.1 Å². The van der Waals surface area contributed by atoms with Crippen molar-refractivity contribution >= 4 is 11.6 Å². The van der Waals surface area contributed by atoms with Crippen LogP contribution in [0.1, 0.15) is 18.1 Å². The summed E-state index contributed by atoms with van der Waals surface area (Å²) in [5, 5.41) is 11.7. The summed E-state index contributed by atoms with van der Waals surface area (Å²) in [6.45, 7) is 4.64. The predicted octanol–water partition coefficient (Wildman–Crippen LogP) is 1.31. The number of aryl methyl sites for hydroxylation is 1. The van der Waals surface area contributed by atoms with Gasteiger partial charge in [-0.3, -0.25) is 4.79 Å². The maximum absolute atomic E-state index is 11.5. The minimum absolute atomic E-state index is 0.0477. The van der Waals surface area contributed by atoms with Crippen molar-refractivity contribution in [2.24, 2.45) is 5.92 Å². The van der Waals surface area contributed by atoms with Crippen LogP contribution in [0.25, 0.3) is 0 Å². The minimum atomic E-state index is -0.0584. The van der Waals surface area contributed by atoms with Crippen LogP contribution in [0.5, 0.6) is 0 Å². The van der Waals surface area contributed by atoms with Crippen molar-refractivity contribution in [2.75, 3.05) is 25.5 Å². The van der Waals surface area contributed by atoms with Gasteiger partial charge in [0.2, 0.25) is 5.91 Å². The number of hydrogen-bond acceptors (Lipinski definition) is 3. The average Bonchev–Trinajstić information content (AvgIpc) is 2.37. The van der Waals surface area contributed by atoms with E-state index in [0.717, 1.165) is 16.8 Å². The third kappa shape index (κ3) is 3.47.